The molecule has 0 amide bonds. The van der Waals surface area contributed by atoms with Crippen molar-refractivity contribution in [3.05, 3.63) is 81.2 Å². The lowest BCUT2D eigenvalue weighted by molar-refractivity contribution is -0.140. The zero-order valence-electron chi connectivity index (χ0n) is 21.3. The minimum Gasteiger partial charge on any atom is -0.493 e. The fourth-order valence-corrected chi connectivity index (χ4v) is 5.18. The monoisotopic (exact) mass is 509 g/mol. The smallest absolute Gasteiger partial charge is 0.336 e. The number of Topliss-reactive ketones (excluding diaryl/α,β-unsaturated/α-hetero) is 1. The standard InChI is InChI=1S/C29H32ClNO5/c1-16(2)15-36-29(33)25-17(3)31-22-13-19(18-9-11-20(30)12-10-18)14-23(32)27(22)26(25)21-7-6-8-24(34-4)28(21)35-5/h6-12,16,19,26,31H,13-15H2,1-5H3/t19-,26-/m0/s1. The number of hydrogen-bond acceptors (Lipinski definition) is 6. The van der Waals surface area contributed by atoms with E-state index in [1.54, 1.807) is 20.3 Å². The quantitative estimate of drug-likeness (QED) is 0.467. The minimum absolute atomic E-state index is 0.0103. The summed E-state index contributed by atoms with van der Waals surface area (Å²) in [6.45, 7) is 6.11. The largest absolute Gasteiger partial charge is 0.493 e. The van der Waals surface area contributed by atoms with E-state index in [2.05, 4.69) is 5.32 Å². The number of methoxy groups -OCH3 is 2. The molecule has 2 aliphatic rings. The first-order valence-corrected chi connectivity index (χ1v) is 12.5. The Morgan fingerprint density at radius 3 is 2.44 bits per heavy atom. The first kappa shape index (κ1) is 25.8. The Balaban J connectivity index is 1.83. The molecule has 0 aromatic heterocycles. The fourth-order valence-electron chi connectivity index (χ4n) is 5.05. The Bertz CT molecular complexity index is 1230. The van der Waals surface area contributed by atoms with Crippen molar-refractivity contribution in [1.82, 2.24) is 5.32 Å². The maximum absolute atomic E-state index is 13.8. The molecular formula is C29H32ClNO5. The van der Waals surface area contributed by atoms with Gasteiger partial charge in [-0.2, -0.15) is 0 Å². The molecule has 0 bridgehead atoms. The molecule has 0 saturated carbocycles. The second-order valence-corrected chi connectivity index (χ2v) is 10.1. The topological polar surface area (TPSA) is 73.9 Å². The zero-order chi connectivity index (χ0) is 26.0. The van der Waals surface area contributed by atoms with Gasteiger partial charge in [-0.1, -0.05) is 49.7 Å². The third-order valence-electron chi connectivity index (χ3n) is 6.68. The molecule has 1 heterocycles. The van der Waals surface area contributed by atoms with E-state index in [1.165, 1.54) is 0 Å². The lowest BCUT2D eigenvalue weighted by Gasteiger charge is -2.37. The average Bonchev–Trinajstić information content (AvgIpc) is 2.86. The molecule has 4 rings (SSSR count). The number of nitrogens with one attached hydrogen (secondary N) is 1. The van der Waals surface area contributed by atoms with Crippen molar-refractivity contribution in [2.75, 3.05) is 20.8 Å². The molecule has 1 N–H and O–H groups in total. The Morgan fingerprint density at radius 1 is 1.08 bits per heavy atom. The highest BCUT2D eigenvalue weighted by Gasteiger charge is 2.42. The maximum atomic E-state index is 13.8. The van der Waals surface area contributed by atoms with Crippen LogP contribution in [0.1, 0.15) is 56.6 Å². The number of ether oxygens (including phenoxy) is 3. The van der Waals surface area contributed by atoms with E-state index < -0.39 is 11.9 Å². The number of esters is 1. The SMILES string of the molecule is COc1cccc([C@H]2C(C(=O)OCC(C)C)=C(C)NC3=C2C(=O)C[C@@H](c2ccc(Cl)cc2)C3)c1OC. The second kappa shape index (κ2) is 10.8. The van der Waals surface area contributed by atoms with E-state index in [-0.39, 0.29) is 24.2 Å². The first-order chi connectivity index (χ1) is 17.2. The molecule has 0 spiro atoms. The summed E-state index contributed by atoms with van der Waals surface area (Å²) in [7, 11) is 3.13. The highest BCUT2D eigenvalue weighted by molar-refractivity contribution is 6.30. The molecule has 1 aliphatic heterocycles. The number of halogens is 1. The van der Waals surface area contributed by atoms with Crippen molar-refractivity contribution in [2.24, 2.45) is 5.92 Å². The molecule has 2 aromatic rings. The fraction of sp³-hybridized carbons (Fsp3) is 0.379. The van der Waals surface area contributed by atoms with Crippen molar-refractivity contribution in [3.63, 3.8) is 0 Å². The Hall–Kier alpha value is -3.25. The van der Waals surface area contributed by atoms with E-state index in [9.17, 15) is 9.59 Å². The molecular weight excluding hydrogens is 478 g/mol. The van der Waals surface area contributed by atoms with Gasteiger partial charge in [-0.3, -0.25) is 4.79 Å². The summed E-state index contributed by atoms with van der Waals surface area (Å²) in [5, 5.41) is 4.04. The molecule has 0 unspecified atom stereocenters. The van der Waals surface area contributed by atoms with Crippen LogP contribution in [0.5, 0.6) is 11.5 Å². The first-order valence-electron chi connectivity index (χ1n) is 12.1. The number of rotatable bonds is 7. The van der Waals surface area contributed by atoms with Crippen LogP contribution < -0.4 is 14.8 Å². The summed E-state index contributed by atoms with van der Waals surface area (Å²) in [6, 6.07) is 13.1. The van der Waals surface area contributed by atoms with Gasteiger partial charge >= 0.3 is 5.97 Å². The van der Waals surface area contributed by atoms with Crippen LogP contribution in [0.25, 0.3) is 0 Å². The van der Waals surface area contributed by atoms with Gasteiger partial charge in [0.15, 0.2) is 17.3 Å². The maximum Gasteiger partial charge on any atom is 0.336 e. The lowest BCUT2D eigenvalue weighted by atomic mass is 9.71. The molecule has 0 fully saturated rings. The second-order valence-electron chi connectivity index (χ2n) is 9.64. The van der Waals surface area contributed by atoms with Crippen LogP contribution in [0, 0.1) is 5.92 Å². The molecule has 36 heavy (non-hydrogen) atoms. The van der Waals surface area contributed by atoms with Crippen molar-refractivity contribution < 1.29 is 23.8 Å². The number of carbonyl (C=O) groups excluding carboxylic acids is 2. The average molecular weight is 510 g/mol. The van der Waals surface area contributed by atoms with E-state index in [0.717, 1.165) is 11.3 Å². The van der Waals surface area contributed by atoms with Crippen LogP contribution in [-0.2, 0) is 14.3 Å². The van der Waals surface area contributed by atoms with Crippen LogP contribution >= 0.6 is 11.6 Å². The van der Waals surface area contributed by atoms with Gasteiger partial charge in [-0.25, -0.2) is 4.79 Å². The molecule has 2 aromatic carbocycles. The summed E-state index contributed by atoms with van der Waals surface area (Å²) in [5.41, 5.74) is 4.23. The van der Waals surface area contributed by atoms with Crippen LogP contribution in [0.2, 0.25) is 5.02 Å². The van der Waals surface area contributed by atoms with Crippen molar-refractivity contribution in [2.45, 2.75) is 45.4 Å². The molecule has 7 heteroatoms. The molecule has 2 atom stereocenters. The summed E-state index contributed by atoms with van der Waals surface area (Å²) in [4.78, 5) is 27.2. The van der Waals surface area contributed by atoms with Crippen LogP contribution in [-0.4, -0.2) is 32.6 Å². The van der Waals surface area contributed by atoms with Gasteiger partial charge in [0.05, 0.1) is 32.3 Å². The number of ketones is 1. The van der Waals surface area contributed by atoms with Crippen LogP contribution in [0.15, 0.2) is 65.0 Å². The third kappa shape index (κ3) is 5.00. The van der Waals surface area contributed by atoms with Crippen molar-refractivity contribution in [3.8, 4) is 11.5 Å². The summed E-state index contributed by atoms with van der Waals surface area (Å²) < 4.78 is 16.9. The minimum atomic E-state index is -0.635. The van der Waals surface area contributed by atoms with E-state index in [4.69, 9.17) is 25.8 Å². The molecule has 6 nitrogen and oxygen atoms in total. The number of carbonyl (C=O) groups is 2. The zero-order valence-corrected chi connectivity index (χ0v) is 22.1. The third-order valence-corrected chi connectivity index (χ3v) is 6.93. The number of para-hydroxylation sites is 1. The highest BCUT2D eigenvalue weighted by Crippen LogP contribution is 2.49. The van der Waals surface area contributed by atoms with E-state index >= 15 is 0 Å². The van der Waals surface area contributed by atoms with E-state index in [1.807, 2.05) is 57.2 Å². The van der Waals surface area contributed by atoms with Gasteiger partial charge in [0.1, 0.15) is 0 Å². The summed E-state index contributed by atoms with van der Waals surface area (Å²) >= 11 is 6.08. The van der Waals surface area contributed by atoms with Gasteiger partial charge in [0.25, 0.3) is 0 Å². The van der Waals surface area contributed by atoms with Crippen molar-refractivity contribution in [1.29, 1.82) is 0 Å². The number of benzene rings is 2. The lowest BCUT2D eigenvalue weighted by Crippen LogP contribution is -2.36. The normalized spacial score (nSPS) is 19.7. The van der Waals surface area contributed by atoms with Gasteiger partial charge in [0.2, 0.25) is 0 Å². The van der Waals surface area contributed by atoms with Crippen LogP contribution in [0.4, 0.5) is 0 Å². The molecule has 190 valence electrons. The molecule has 0 radical (unpaired) electrons. The summed E-state index contributed by atoms with van der Waals surface area (Å²) in [5.74, 6) is 0.130. The van der Waals surface area contributed by atoms with Gasteiger partial charge in [-0.15, -0.1) is 0 Å². The Kier molecular flexibility index (Phi) is 7.74. The highest BCUT2D eigenvalue weighted by atomic mass is 35.5. The number of allylic oxidation sites excluding steroid dienone is 3. The molecule has 1 aliphatic carbocycles. The predicted molar refractivity (Wildman–Crippen MR) is 139 cm³/mol. The van der Waals surface area contributed by atoms with Crippen molar-refractivity contribution >= 4 is 23.4 Å². The summed E-state index contributed by atoms with van der Waals surface area (Å²) in [6.07, 6.45) is 0.968. The van der Waals surface area contributed by atoms with Gasteiger partial charge < -0.3 is 19.5 Å². The van der Waals surface area contributed by atoms with Crippen LogP contribution in [0.3, 0.4) is 0 Å². The molecule has 0 saturated heterocycles. The van der Waals surface area contributed by atoms with Gasteiger partial charge in [0, 0.05) is 34.0 Å². The Labute approximate surface area is 217 Å². The number of dihydropyridines is 1. The number of hydrogen-bond donors (Lipinski definition) is 1. The predicted octanol–water partition coefficient (Wildman–Crippen LogP) is 5.92. The van der Waals surface area contributed by atoms with Gasteiger partial charge in [-0.05, 0) is 48.9 Å². The Morgan fingerprint density at radius 2 is 1.81 bits per heavy atom. The van der Waals surface area contributed by atoms with E-state index in [0.29, 0.717) is 51.8 Å².